The zero-order valence-electron chi connectivity index (χ0n) is 15.7. The molecule has 28 heavy (non-hydrogen) atoms. The van der Waals surface area contributed by atoms with Crippen LogP contribution in [-0.2, 0) is 9.59 Å². The molecule has 0 aromatic heterocycles. The van der Waals surface area contributed by atoms with E-state index in [0.717, 1.165) is 16.0 Å². The number of carbonyl (C=O) groups is 3. The van der Waals surface area contributed by atoms with E-state index in [1.165, 1.54) is 6.08 Å². The van der Waals surface area contributed by atoms with Crippen molar-refractivity contribution in [3.63, 3.8) is 0 Å². The molecule has 2 aromatic rings. The van der Waals surface area contributed by atoms with Gasteiger partial charge in [-0.25, -0.2) is 9.69 Å². The first-order valence-electron chi connectivity index (χ1n) is 8.74. The van der Waals surface area contributed by atoms with Crippen molar-refractivity contribution in [3.05, 3.63) is 77.4 Å². The van der Waals surface area contributed by atoms with Gasteiger partial charge in [-0.15, -0.1) is 0 Å². The lowest BCUT2D eigenvalue weighted by Gasteiger charge is -2.27. The predicted octanol–water partition coefficient (Wildman–Crippen LogP) is 3.53. The molecule has 2 aromatic carbocycles. The zero-order chi connectivity index (χ0) is 20.3. The number of anilines is 1. The van der Waals surface area contributed by atoms with Gasteiger partial charge >= 0.3 is 6.03 Å². The Kier molecular flexibility index (Phi) is 5.40. The van der Waals surface area contributed by atoms with Crippen LogP contribution >= 0.6 is 0 Å². The van der Waals surface area contributed by atoms with Crippen LogP contribution in [0.25, 0.3) is 6.08 Å². The van der Waals surface area contributed by atoms with E-state index in [1.807, 2.05) is 13.0 Å². The molecule has 1 saturated heterocycles. The van der Waals surface area contributed by atoms with Gasteiger partial charge < -0.3 is 4.74 Å². The van der Waals surface area contributed by atoms with E-state index >= 15 is 0 Å². The molecule has 0 aliphatic carbocycles. The van der Waals surface area contributed by atoms with Crippen LogP contribution in [-0.4, -0.2) is 24.5 Å². The lowest BCUT2D eigenvalue weighted by molar-refractivity contribution is -0.122. The highest BCUT2D eigenvalue weighted by Crippen LogP contribution is 2.27. The summed E-state index contributed by atoms with van der Waals surface area (Å²) in [6, 6.07) is 11.6. The van der Waals surface area contributed by atoms with Crippen molar-refractivity contribution in [1.29, 1.82) is 0 Å². The third-order valence-electron chi connectivity index (χ3n) is 4.27. The zero-order valence-corrected chi connectivity index (χ0v) is 15.7. The molecule has 3 rings (SSSR count). The van der Waals surface area contributed by atoms with E-state index in [-0.39, 0.29) is 12.2 Å². The van der Waals surface area contributed by atoms with Gasteiger partial charge in [-0.1, -0.05) is 48.6 Å². The Morgan fingerprint density at radius 1 is 1.11 bits per heavy atom. The molecule has 0 spiro atoms. The van der Waals surface area contributed by atoms with Crippen LogP contribution in [0.5, 0.6) is 5.75 Å². The number of hydrogen-bond donors (Lipinski definition) is 1. The largest absolute Gasteiger partial charge is 0.489 e. The third kappa shape index (κ3) is 3.71. The number of hydrogen-bond acceptors (Lipinski definition) is 4. The van der Waals surface area contributed by atoms with E-state index < -0.39 is 17.8 Å². The first-order chi connectivity index (χ1) is 13.4. The molecule has 0 saturated carbocycles. The van der Waals surface area contributed by atoms with Crippen molar-refractivity contribution < 1.29 is 19.1 Å². The van der Waals surface area contributed by atoms with Gasteiger partial charge in [0, 0.05) is 5.56 Å². The average molecular weight is 376 g/mol. The summed E-state index contributed by atoms with van der Waals surface area (Å²) in [5.74, 6) is -0.917. The smallest absolute Gasteiger partial charge is 0.335 e. The number of nitrogens with one attached hydrogen (secondary N) is 1. The van der Waals surface area contributed by atoms with Crippen LogP contribution in [0.1, 0.15) is 16.7 Å². The van der Waals surface area contributed by atoms with Crippen molar-refractivity contribution in [1.82, 2.24) is 5.32 Å². The second kappa shape index (κ2) is 7.92. The van der Waals surface area contributed by atoms with Crippen molar-refractivity contribution in [2.75, 3.05) is 11.5 Å². The number of urea groups is 1. The Bertz CT molecular complexity index is 1010. The maximum Gasteiger partial charge on any atom is 0.335 e. The molecule has 1 aliphatic heterocycles. The van der Waals surface area contributed by atoms with Gasteiger partial charge in [-0.2, -0.15) is 0 Å². The first-order valence-corrected chi connectivity index (χ1v) is 8.74. The summed E-state index contributed by atoms with van der Waals surface area (Å²) in [7, 11) is 0. The average Bonchev–Trinajstić information content (AvgIpc) is 2.65. The fraction of sp³-hybridized carbons (Fsp3) is 0.136. The Morgan fingerprint density at radius 2 is 1.86 bits per heavy atom. The minimum Gasteiger partial charge on any atom is -0.489 e. The van der Waals surface area contributed by atoms with Gasteiger partial charge in [-0.3, -0.25) is 14.9 Å². The first kappa shape index (κ1) is 19.1. The monoisotopic (exact) mass is 376 g/mol. The molecule has 1 fully saturated rings. The minimum atomic E-state index is -0.768. The van der Waals surface area contributed by atoms with E-state index in [2.05, 4.69) is 11.9 Å². The van der Waals surface area contributed by atoms with Gasteiger partial charge in [0.1, 0.15) is 17.9 Å². The fourth-order valence-electron chi connectivity index (χ4n) is 2.97. The van der Waals surface area contributed by atoms with Crippen LogP contribution in [0.4, 0.5) is 10.5 Å². The number of imide groups is 2. The summed E-state index contributed by atoms with van der Waals surface area (Å²) in [5, 5.41) is 2.24. The quantitative estimate of drug-likeness (QED) is 0.492. The molecule has 6 nitrogen and oxygen atoms in total. The molecule has 1 N–H and O–H groups in total. The summed E-state index contributed by atoms with van der Waals surface area (Å²) >= 11 is 0. The van der Waals surface area contributed by atoms with Gasteiger partial charge in [0.2, 0.25) is 0 Å². The summed E-state index contributed by atoms with van der Waals surface area (Å²) in [6.45, 7) is 7.62. The Morgan fingerprint density at radius 3 is 2.57 bits per heavy atom. The maximum atomic E-state index is 13.0. The number of rotatable bonds is 5. The number of barbiturate groups is 1. The third-order valence-corrected chi connectivity index (χ3v) is 4.27. The Balaban J connectivity index is 2.03. The van der Waals surface area contributed by atoms with E-state index in [1.54, 1.807) is 49.4 Å². The van der Waals surface area contributed by atoms with E-state index in [9.17, 15) is 14.4 Å². The molecule has 6 heteroatoms. The van der Waals surface area contributed by atoms with Crippen LogP contribution < -0.4 is 15.0 Å². The van der Waals surface area contributed by atoms with E-state index in [0.29, 0.717) is 17.0 Å². The second-order valence-corrected chi connectivity index (χ2v) is 6.39. The highest BCUT2D eigenvalue weighted by Gasteiger charge is 2.37. The lowest BCUT2D eigenvalue weighted by atomic mass is 10.0. The number of benzene rings is 2. The minimum absolute atomic E-state index is 0.144. The van der Waals surface area contributed by atoms with Crippen LogP contribution in [0.3, 0.4) is 0 Å². The fourth-order valence-corrected chi connectivity index (χ4v) is 2.97. The van der Waals surface area contributed by atoms with Gasteiger partial charge in [-0.05, 0) is 37.6 Å². The number of ether oxygens (including phenoxy) is 1. The van der Waals surface area contributed by atoms with Crippen molar-refractivity contribution in [3.8, 4) is 5.75 Å². The highest BCUT2D eigenvalue weighted by molar-refractivity contribution is 6.39. The molecule has 0 radical (unpaired) electrons. The number of amides is 4. The highest BCUT2D eigenvalue weighted by atomic mass is 16.5. The summed E-state index contributed by atoms with van der Waals surface area (Å²) in [6.07, 6.45) is 3.03. The van der Waals surface area contributed by atoms with Gasteiger partial charge in [0.15, 0.2) is 0 Å². The topological polar surface area (TPSA) is 75.7 Å². The predicted molar refractivity (Wildman–Crippen MR) is 107 cm³/mol. The maximum absolute atomic E-state index is 13.0. The lowest BCUT2D eigenvalue weighted by Crippen LogP contribution is -2.54. The van der Waals surface area contributed by atoms with Crippen molar-refractivity contribution in [2.24, 2.45) is 0 Å². The summed E-state index contributed by atoms with van der Waals surface area (Å²) < 4.78 is 5.58. The molecule has 1 aliphatic rings. The Labute approximate surface area is 163 Å². The molecule has 1 heterocycles. The number of carbonyl (C=O) groups excluding carboxylic acids is 3. The number of nitrogens with zero attached hydrogens (tertiary/aromatic N) is 1. The molecular formula is C22H20N2O4. The summed E-state index contributed by atoms with van der Waals surface area (Å²) in [5.41, 5.74) is 2.60. The summed E-state index contributed by atoms with van der Waals surface area (Å²) in [4.78, 5) is 38.7. The molecule has 0 unspecified atom stereocenters. The molecule has 0 atom stereocenters. The molecular weight excluding hydrogens is 356 g/mol. The SMILES string of the molecule is C=CCOc1ccccc1/C=C1\C(=O)NC(=O)N(c2ccc(C)cc2C)C1=O. The van der Waals surface area contributed by atoms with Gasteiger partial charge in [0.25, 0.3) is 11.8 Å². The standard InChI is InChI=1S/C22H20N2O4/c1-4-11-28-19-8-6-5-7-16(19)13-17-20(25)23-22(27)24(21(17)26)18-10-9-14(2)12-15(18)3/h4-10,12-13H,1,11H2,2-3H3,(H,23,25,27)/b17-13+. The number of aryl methyl sites for hydroxylation is 2. The van der Waals surface area contributed by atoms with Crippen molar-refractivity contribution >= 4 is 29.6 Å². The second-order valence-electron chi connectivity index (χ2n) is 6.39. The van der Waals surface area contributed by atoms with E-state index in [4.69, 9.17) is 4.74 Å². The Hall–Kier alpha value is -3.67. The normalized spacial score (nSPS) is 15.6. The van der Waals surface area contributed by atoms with Crippen LogP contribution in [0.2, 0.25) is 0 Å². The molecule has 142 valence electrons. The number of para-hydroxylation sites is 1. The van der Waals surface area contributed by atoms with Crippen molar-refractivity contribution in [2.45, 2.75) is 13.8 Å². The van der Waals surface area contributed by atoms with Crippen LogP contribution in [0.15, 0.2) is 60.7 Å². The molecule has 0 bridgehead atoms. The van der Waals surface area contributed by atoms with Crippen LogP contribution in [0, 0.1) is 13.8 Å². The van der Waals surface area contributed by atoms with Gasteiger partial charge in [0.05, 0.1) is 5.69 Å². The molecule has 4 amide bonds.